The van der Waals surface area contributed by atoms with Gasteiger partial charge in [-0.3, -0.25) is 10.1 Å². The Morgan fingerprint density at radius 3 is 2.38 bits per heavy atom. The van der Waals surface area contributed by atoms with Crippen LogP contribution in [0.1, 0.15) is 11.1 Å². The Morgan fingerprint density at radius 2 is 1.79 bits per heavy atom. The van der Waals surface area contributed by atoms with E-state index >= 15 is 0 Å². The summed E-state index contributed by atoms with van der Waals surface area (Å²) in [5.41, 5.74) is 1.39. The maximum absolute atomic E-state index is 12.1. The van der Waals surface area contributed by atoms with Crippen LogP contribution in [0.15, 0.2) is 59.6 Å². The summed E-state index contributed by atoms with van der Waals surface area (Å²) in [6, 6.07) is 13.7. The van der Waals surface area contributed by atoms with Crippen LogP contribution < -0.4 is 0 Å². The van der Waals surface area contributed by atoms with Gasteiger partial charge in [-0.1, -0.05) is 42.5 Å². The molecule has 24 heavy (non-hydrogen) atoms. The van der Waals surface area contributed by atoms with Crippen LogP contribution in [0.2, 0.25) is 0 Å². The van der Waals surface area contributed by atoms with E-state index in [4.69, 9.17) is 4.74 Å². The molecule has 0 aliphatic carbocycles. The Kier molecular flexibility index (Phi) is 5.94. The van der Waals surface area contributed by atoms with Crippen molar-refractivity contribution in [2.24, 2.45) is 4.99 Å². The fourth-order valence-electron chi connectivity index (χ4n) is 2.05. The van der Waals surface area contributed by atoms with Crippen LogP contribution in [0.25, 0.3) is 0 Å². The first kappa shape index (κ1) is 17.1. The van der Waals surface area contributed by atoms with E-state index in [1.807, 2.05) is 30.3 Å². The Morgan fingerprint density at radius 1 is 1.12 bits per heavy atom. The highest BCUT2D eigenvalue weighted by Gasteiger charge is 2.20. The van der Waals surface area contributed by atoms with Crippen molar-refractivity contribution in [3.8, 4) is 0 Å². The molecule has 0 saturated heterocycles. The van der Waals surface area contributed by atoms with Crippen molar-refractivity contribution in [3.63, 3.8) is 0 Å². The number of aliphatic imine (C=N–C) groups is 1. The highest BCUT2D eigenvalue weighted by Crippen LogP contribution is 2.15. The van der Waals surface area contributed by atoms with Gasteiger partial charge in [-0.05, 0) is 11.1 Å². The van der Waals surface area contributed by atoms with Gasteiger partial charge in [-0.15, -0.1) is 0 Å². The molecule has 7 heteroatoms. The summed E-state index contributed by atoms with van der Waals surface area (Å²) in [6.07, 6.45) is 1.46. The maximum Gasteiger partial charge on any atom is 0.332 e. The van der Waals surface area contributed by atoms with Crippen molar-refractivity contribution in [1.82, 2.24) is 0 Å². The SMILES string of the molecule is O=C=N[C@@H](Cc1ccc([N+](=O)[O-])cc1)C(=O)OCc1ccccc1. The standard InChI is InChI=1S/C17H14N2O5/c20-12-18-16(10-13-6-8-15(9-7-13)19(22)23)17(21)24-11-14-4-2-1-3-5-14/h1-9,16H,10-11H2/t16-/m0/s1. The number of nitrogens with zero attached hydrogens (tertiary/aromatic N) is 2. The van der Waals surface area contributed by atoms with Gasteiger partial charge >= 0.3 is 5.97 Å². The Labute approximate surface area is 137 Å². The van der Waals surface area contributed by atoms with Gasteiger partial charge in [-0.2, -0.15) is 4.99 Å². The fourth-order valence-corrected chi connectivity index (χ4v) is 2.05. The third-order valence-corrected chi connectivity index (χ3v) is 3.28. The van der Waals surface area contributed by atoms with Crippen molar-refractivity contribution in [2.75, 3.05) is 0 Å². The number of isocyanates is 1. The molecule has 0 radical (unpaired) electrons. The largest absolute Gasteiger partial charge is 0.459 e. The van der Waals surface area contributed by atoms with Crippen LogP contribution in [0.4, 0.5) is 5.69 Å². The number of nitro benzene ring substituents is 1. The minimum atomic E-state index is -1.03. The summed E-state index contributed by atoms with van der Waals surface area (Å²) in [5.74, 6) is -0.652. The number of hydrogen-bond acceptors (Lipinski definition) is 6. The van der Waals surface area contributed by atoms with E-state index in [1.165, 1.54) is 30.3 Å². The fraction of sp³-hybridized carbons (Fsp3) is 0.176. The summed E-state index contributed by atoms with van der Waals surface area (Å²) in [6.45, 7) is 0.0742. The smallest absolute Gasteiger partial charge is 0.332 e. The van der Waals surface area contributed by atoms with E-state index < -0.39 is 16.9 Å². The second kappa shape index (κ2) is 8.36. The lowest BCUT2D eigenvalue weighted by molar-refractivity contribution is -0.384. The molecule has 0 bridgehead atoms. The van der Waals surface area contributed by atoms with Gasteiger partial charge in [0.25, 0.3) is 5.69 Å². The molecular weight excluding hydrogens is 312 g/mol. The summed E-state index contributed by atoms with van der Waals surface area (Å²) in [7, 11) is 0. The quantitative estimate of drug-likeness (QED) is 0.256. The van der Waals surface area contributed by atoms with E-state index in [0.29, 0.717) is 5.56 Å². The zero-order chi connectivity index (χ0) is 17.4. The molecule has 0 saturated carbocycles. The third-order valence-electron chi connectivity index (χ3n) is 3.28. The highest BCUT2D eigenvalue weighted by atomic mass is 16.6. The molecule has 0 fully saturated rings. The molecule has 0 aliphatic heterocycles. The van der Waals surface area contributed by atoms with Crippen LogP contribution in [0.5, 0.6) is 0 Å². The van der Waals surface area contributed by atoms with Gasteiger partial charge in [0, 0.05) is 18.6 Å². The van der Waals surface area contributed by atoms with Gasteiger partial charge in [-0.25, -0.2) is 9.59 Å². The zero-order valence-corrected chi connectivity index (χ0v) is 12.6. The monoisotopic (exact) mass is 326 g/mol. The van der Waals surface area contributed by atoms with E-state index in [2.05, 4.69) is 4.99 Å². The number of nitro groups is 1. The molecule has 0 unspecified atom stereocenters. The van der Waals surface area contributed by atoms with Gasteiger partial charge in [0.2, 0.25) is 6.08 Å². The molecule has 0 N–H and O–H groups in total. The molecule has 2 aromatic carbocycles. The summed E-state index contributed by atoms with van der Waals surface area (Å²) >= 11 is 0. The number of carbonyl (C=O) groups is 1. The van der Waals surface area contributed by atoms with Gasteiger partial charge in [0.15, 0.2) is 6.04 Å². The van der Waals surface area contributed by atoms with E-state index in [0.717, 1.165) is 5.56 Å². The van der Waals surface area contributed by atoms with Crippen molar-refractivity contribution in [2.45, 2.75) is 19.1 Å². The number of esters is 1. The van der Waals surface area contributed by atoms with Crippen LogP contribution in [-0.2, 0) is 27.4 Å². The average molecular weight is 326 g/mol. The Balaban J connectivity index is 2.01. The Bertz CT molecular complexity index is 752. The molecule has 122 valence electrons. The molecule has 0 amide bonds. The Hall–Kier alpha value is -3.31. The highest BCUT2D eigenvalue weighted by molar-refractivity contribution is 5.77. The number of ether oxygens (including phenoxy) is 1. The number of rotatable bonds is 7. The molecule has 0 spiro atoms. The van der Waals surface area contributed by atoms with Gasteiger partial charge < -0.3 is 4.74 Å². The predicted molar refractivity (Wildman–Crippen MR) is 84.9 cm³/mol. The molecule has 2 aromatic rings. The molecule has 7 nitrogen and oxygen atoms in total. The third kappa shape index (κ3) is 4.86. The first-order valence-corrected chi connectivity index (χ1v) is 7.11. The van der Waals surface area contributed by atoms with Crippen LogP contribution >= 0.6 is 0 Å². The molecule has 2 rings (SSSR count). The lowest BCUT2D eigenvalue weighted by atomic mass is 10.1. The van der Waals surface area contributed by atoms with Crippen molar-refractivity contribution >= 4 is 17.7 Å². The van der Waals surface area contributed by atoms with Crippen LogP contribution in [0, 0.1) is 10.1 Å². The zero-order valence-electron chi connectivity index (χ0n) is 12.6. The maximum atomic E-state index is 12.1. The number of carbonyl (C=O) groups excluding carboxylic acids is 2. The van der Waals surface area contributed by atoms with Gasteiger partial charge in [0.05, 0.1) is 4.92 Å². The van der Waals surface area contributed by atoms with E-state index in [-0.39, 0.29) is 18.7 Å². The number of hydrogen-bond donors (Lipinski definition) is 0. The molecule has 0 aromatic heterocycles. The van der Waals surface area contributed by atoms with E-state index in [1.54, 1.807) is 0 Å². The minimum absolute atomic E-state index is 0.0548. The molecule has 0 heterocycles. The van der Waals surface area contributed by atoms with Crippen LogP contribution in [0.3, 0.4) is 0 Å². The minimum Gasteiger partial charge on any atom is -0.459 e. The topological polar surface area (TPSA) is 98.9 Å². The lowest BCUT2D eigenvalue weighted by Gasteiger charge is -2.11. The molecule has 0 aliphatic rings. The van der Waals surface area contributed by atoms with Crippen LogP contribution in [-0.4, -0.2) is 23.0 Å². The van der Waals surface area contributed by atoms with Crippen molar-refractivity contribution < 1.29 is 19.2 Å². The lowest BCUT2D eigenvalue weighted by Crippen LogP contribution is -2.23. The normalized spacial score (nSPS) is 11.2. The molecule has 1 atom stereocenters. The first-order chi connectivity index (χ1) is 11.6. The summed E-state index contributed by atoms with van der Waals surface area (Å²) in [4.78, 5) is 36.2. The van der Waals surface area contributed by atoms with Gasteiger partial charge in [0.1, 0.15) is 6.61 Å². The number of non-ortho nitro benzene ring substituents is 1. The van der Waals surface area contributed by atoms with E-state index in [9.17, 15) is 19.7 Å². The van der Waals surface area contributed by atoms with Crippen molar-refractivity contribution in [1.29, 1.82) is 0 Å². The summed E-state index contributed by atoms with van der Waals surface area (Å²) in [5, 5.41) is 10.6. The second-order valence-corrected chi connectivity index (χ2v) is 4.96. The predicted octanol–water partition coefficient (Wildman–Crippen LogP) is 2.59. The second-order valence-electron chi connectivity index (χ2n) is 4.96. The average Bonchev–Trinajstić information content (AvgIpc) is 2.60. The first-order valence-electron chi connectivity index (χ1n) is 7.11. The molecular formula is C17H14N2O5. The number of benzene rings is 2. The van der Waals surface area contributed by atoms with Crippen molar-refractivity contribution in [3.05, 3.63) is 75.8 Å². The summed E-state index contributed by atoms with van der Waals surface area (Å²) < 4.78 is 5.16.